The van der Waals surface area contributed by atoms with Crippen molar-refractivity contribution in [2.45, 2.75) is 26.7 Å². The molecule has 3 N–H and O–H groups in total. The number of anilines is 2. The number of hydrogen-bond donors (Lipinski definition) is 3. The Bertz CT molecular complexity index is 1070. The lowest BCUT2D eigenvalue weighted by atomic mass is 10.0. The fraction of sp³-hybridized carbons (Fsp3) is 0.190. The van der Waals surface area contributed by atoms with Crippen LogP contribution in [0, 0.1) is 0 Å². The second-order valence-electron chi connectivity index (χ2n) is 6.47. The van der Waals surface area contributed by atoms with E-state index in [1.165, 1.54) is 6.92 Å². The van der Waals surface area contributed by atoms with Crippen LogP contribution >= 0.6 is 23.2 Å². The highest BCUT2D eigenvalue weighted by atomic mass is 35.5. The van der Waals surface area contributed by atoms with Crippen molar-refractivity contribution in [3.63, 3.8) is 0 Å². The summed E-state index contributed by atoms with van der Waals surface area (Å²) in [4.78, 5) is 28.7. The molecule has 1 heterocycles. The van der Waals surface area contributed by atoms with Crippen molar-refractivity contribution in [3.8, 4) is 0 Å². The van der Waals surface area contributed by atoms with Crippen LogP contribution in [0.5, 0.6) is 0 Å². The zero-order chi connectivity index (χ0) is 21.0. The molecule has 0 saturated heterocycles. The van der Waals surface area contributed by atoms with Gasteiger partial charge >= 0.3 is 0 Å². The SMILES string of the molecule is CCCc1cnc2c(NC(=O)c3c(Cl)cccc3Cl)cccc2c1NNC(C)=O. The van der Waals surface area contributed by atoms with Gasteiger partial charge in [0.05, 0.1) is 32.5 Å². The Morgan fingerprint density at radius 1 is 1.07 bits per heavy atom. The zero-order valence-corrected chi connectivity index (χ0v) is 17.5. The van der Waals surface area contributed by atoms with Crippen LogP contribution in [-0.2, 0) is 11.2 Å². The lowest BCUT2D eigenvalue weighted by Crippen LogP contribution is -2.27. The molecule has 1 aromatic heterocycles. The minimum atomic E-state index is -0.427. The van der Waals surface area contributed by atoms with E-state index < -0.39 is 5.91 Å². The maximum absolute atomic E-state index is 12.8. The molecule has 2 amide bonds. The van der Waals surface area contributed by atoms with Crippen molar-refractivity contribution in [3.05, 3.63) is 63.8 Å². The third-order valence-corrected chi connectivity index (χ3v) is 4.93. The second kappa shape index (κ2) is 9.11. The molecule has 3 aromatic rings. The molecular weight excluding hydrogens is 411 g/mol. The van der Waals surface area contributed by atoms with E-state index in [0.717, 1.165) is 29.5 Å². The molecule has 0 atom stereocenters. The molecule has 8 heteroatoms. The van der Waals surface area contributed by atoms with E-state index in [1.807, 2.05) is 12.1 Å². The number of amides is 2. The summed E-state index contributed by atoms with van der Waals surface area (Å²) in [7, 11) is 0. The van der Waals surface area contributed by atoms with E-state index in [1.54, 1.807) is 30.5 Å². The number of rotatable bonds is 6. The molecule has 0 bridgehead atoms. The molecule has 3 rings (SSSR count). The Morgan fingerprint density at radius 2 is 1.76 bits per heavy atom. The molecule has 0 aliphatic carbocycles. The summed E-state index contributed by atoms with van der Waals surface area (Å²) in [5.41, 5.74) is 8.60. The quantitative estimate of drug-likeness (QED) is 0.468. The third-order valence-electron chi connectivity index (χ3n) is 4.30. The third kappa shape index (κ3) is 4.60. The number of carbonyl (C=O) groups is 2. The van der Waals surface area contributed by atoms with Gasteiger partial charge in [0.2, 0.25) is 5.91 Å². The van der Waals surface area contributed by atoms with Gasteiger partial charge in [0.25, 0.3) is 5.91 Å². The Kier molecular flexibility index (Phi) is 6.56. The largest absolute Gasteiger partial charge is 0.320 e. The second-order valence-corrected chi connectivity index (χ2v) is 7.28. The van der Waals surface area contributed by atoms with Gasteiger partial charge in [-0.2, -0.15) is 0 Å². The number of nitrogens with one attached hydrogen (secondary N) is 3. The van der Waals surface area contributed by atoms with Crippen molar-refractivity contribution >= 4 is 57.3 Å². The van der Waals surface area contributed by atoms with Crippen LogP contribution in [0.3, 0.4) is 0 Å². The van der Waals surface area contributed by atoms with Crippen LogP contribution in [0.1, 0.15) is 36.2 Å². The van der Waals surface area contributed by atoms with Crippen molar-refractivity contribution < 1.29 is 9.59 Å². The topological polar surface area (TPSA) is 83.1 Å². The number of carbonyl (C=O) groups excluding carboxylic acids is 2. The van der Waals surface area contributed by atoms with E-state index in [4.69, 9.17) is 23.2 Å². The Hall–Kier alpha value is -2.83. The molecule has 2 aromatic carbocycles. The van der Waals surface area contributed by atoms with Crippen LogP contribution in [-0.4, -0.2) is 16.8 Å². The molecular formula is C21H20Cl2N4O2. The maximum atomic E-state index is 12.8. The predicted molar refractivity (Wildman–Crippen MR) is 118 cm³/mol. The molecule has 0 unspecified atom stereocenters. The normalized spacial score (nSPS) is 10.6. The number of hydrogen-bond acceptors (Lipinski definition) is 4. The number of para-hydroxylation sites is 1. The van der Waals surface area contributed by atoms with Crippen LogP contribution in [0.15, 0.2) is 42.6 Å². The standard InChI is InChI=1S/C21H20Cl2N4O2/c1-3-6-13-11-24-20-14(19(13)27-26-12(2)28)7-4-10-17(20)25-21(29)18-15(22)8-5-9-16(18)23/h4-5,7-11H,3,6H2,1-2H3,(H,24,27)(H,25,29)(H,26,28). The molecule has 0 spiro atoms. The molecule has 6 nitrogen and oxygen atoms in total. The van der Waals surface area contributed by atoms with Crippen molar-refractivity contribution in [2.75, 3.05) is 10.7 Å². The van der Waals surface area contributed by atoms with Crippen molar-refractivity contribution in [1.29, 1.82) is 0 Å². The van der Waals surface area contributed by atoms with E-state index >= 15 is 0 Å². The van der Waals surface area contributed by atoms with Gasteiger partial charge in [0.1, 0.15) is 0 Å². The smallest absolute Gasteiger partial charge is 0.258 e. The number of pyridine rings is 1. The van der Waals surface area contributed by atoms with Gasteiger partial charge in [0.15, 0.2) is 0 Å². The summed E-state index contributed by atoms with van der Waals surface area (Å²) in [6, 6.07) is 10.3. The Morgan fingerprint density at radius 3 is 2.41 bits per heavy atom. The molecule has 0 fully saturated rings. The van der Waals surface area contributed by atoms with Gasteiger partial charge in [-0.25, -0.2) is 0 Å². The van der Waals surface area contributed by atoms with E-state index in [0.29, 0.717) is 11.2 Å². The van der Waals surface area contributed by atoms with E-state index in [-0.39, 0.29) is 21.5 Å². The van der Waals surface area contributed by atoms with Gasteiger partial charge < -0.3 is 5.32 Å². The summed E-state index contributed by atoms with van der Waals surface area (Å²) in [5.74, 6) is -0.640. The average molecular weight is 431 g/mol. The summed E-state index contributed by atoms with van der Waals surface area (Å²) in [6.07, 6.45) is 3.45. The van der Waals surface area contributed by atoms with Gasteiger partial charge in [-0.05, 0) is 30.2 Å². The number of aromatic nitrogens is 1. The lowest BCUT2D eigenvalue weighted by Gasteiger charge is -2.16. The molecule has 0 aliphatic heterocycles. The van der Waals surface area contributed by atoms with Crippen LogP contribution in [0.4, 0.5) is 11.4 Å². The Balaban J connectivity index is 2.04. The highest BCUT2D eigenvalue weighted by Gasteiger charge is 2.17. The number of nitrogens with zero attached hydrogens (tertiary/aromatic N) is 1. The number of aryl methyl sites for hydroxylation is 1. The Labute approximate surface area is 178 Å². The van der Waals surface area contributed by atoms with Gasteiger partial charge in [-0.3, -0.25) is 25.4 Å². The number of hydrazine groups is 1. The van der Waals surface area contributed by atoms with Gasteiger partial charge in [-0.15, -0.1) is 0 Å². The molecule has 0 radical (unpaired) electrons. The maximum Gasteiger partial charge on any atom is 0.258 e. The first-order valence-electron chi connectivity index (χ1n) is 9.11. The van der Waals surface area contributed by atoms with E-state index in [9.17, 15) is 9.59 Å². The minimum absolute atomic E-state index is 0.201. The van der Waals surface area contributed by atoms with Gasteiger partial charge in [0, 0.05) is 18.5 Å². The van der Waals surface area contributed by atoms with Crippen molar-refractivity contribution in [1.82, 2.24) is 10.4 Å². The summed E-state index contributed by atoms with van der Waals surface area (Å²) < 4.78 is 0. The fourth-order valence-corrected chi connectivity index (χ4v) is 3.59. The number of benzene rings is 2. The van der Waals surface area contributed by atoms with E-state index in [2.05, 4.69) is 28.1 Å². The summed E-state index contributed by atoms with van der Waals surface area (Å²) in [5, 5.41) is 4.14. The molecule has 0 saturated carbocycles. The molecule has 29 heavy (non-hydrogen) atoms. The highest BCUT2D eigenvalue weighted by Crippen LogP contribution is 2.32. The molecule has 0 aliphatic rings. The van der Waals surface area contributed by atoms with Crippen LogP contribution < -0.4 is 16.2 Å². The average Bonchev–Trinajstić information content (AvgIpc) is 2.67. The lowest BCUT2D eigenvalue weighted by molar-refractivity contribution is -0.118. The first kappa shape index (κ1) is 20.9. The van der Waals surface area contributed by atoms with Crippen molar-refractivity contribution in [2.24, 2.45) is 0 Å². The minimum Gasteiger partial charge on any atom is -0.320 e. The fourth-order valence-electron chi connectivity index (χ4n) is 3.02. The number of halogens is 2. The zero-order valence-electron chi connectivity index (χ0n) is 16.0. The van der Waals surface area contributed by atoms with Crippen LogP contribution in [0.2, 0.25) is 10.0 Å². The van der Waals surface area contributed by atoms with Gasteiger partial charge in [-0.1, -0.05) is 54.7 Å². The first-order chi connectivity index (χ1) is 13.9. The number of fused-ring (bicyclic) bond motifs is 1. The summed E-state index contributed by atoms with van der Waals surface area (Å²) in [6.45, 7) is 3.49. The summed E-state index contributed by atoms with van der Waals surface area (Å²) >= 11 is 12.3. The van der Waals surface area contributed by atoms with Crippen LogP contribution in [0.25, 0.3) is 10.9 Å². The predicted octanol–water partition coefficient (Wildman–Crippen LogP) is 5.21. The monoisotopic (exact) mass is 430 g/mol. The first-order valence-corrected chi connectivity index (χ1v) is 9.86. The molecule has 150 valence electrons. The highest BCUT2D eigenvalue weighted by molar-refractivity contribution is 6.40.